The molecule has 0 aliphatic carbocycles. The molecule has 3 aromatic carbocycles. The zero-order valence-corrected chi connectivity index (χ0v) is 27.2. The summed E-state index contributed by atoms with van der Waals surface area (Å²) in [5.74, 6) is -1.04. The maximum absolute atomic E-state index is 13.6. The first-order valence-electron chi connectivity index (χ1n) is 14.1. The van der Waals surface area contributed by atoms with Crippen molar-refractivity contribution >= 4 is 44.8 Å². The van der Waals surface area contributed by atoms with Crippen LogP contribution in [-0.4, -0.2) is 71.2 Å². The van der Waals surface area contributed by atoms with E-state index in [0.29, 0.717) is 11.6 Å². The van der Waals surface area contributed by atoms with E-state index in [9.17, 15) is 31.2 Å². The van der Waals surface area contributed by atoms with Crippen LogP contribution in [0.1, 0.15) is 16.7 Å². The number of hydrogen-bond donors (Lipinski definition) is 0. The molecule has 48 heavy (non-hydrogen) atoms. The van der Waals surface area contributed by atoms with Crippen molar-refractivity contribution in [2.24, 2.45) is 0 Å². The van der Waals surface area contributed by atoms with Gasteiger partial charge in [-0.3, -0.25) is 18.7 Å². The van der Waals surface area contributed by atoms with Crippen molar-refractivity contribution in [3.8, 4) is 17.2 Å². The Morgan fingerprint density at radius 3 is 2.23 bits per heavy atom. The van der Waals surface area contributed by atoms with Gasteiger partial charge in [-0.15, -0.1) is 0 Å². The summed E-state index contributed by atoms with van der Waals surface area (Å²) in [6, 6.07) is 13.5. The highest BCUT2D eigenvalue weighted by atomic mass is 32.2. The number of carbonyl (C=O) groups is 2. The van der Waals surface area contributed by atoms with Crippen LogP contribution >= 0.6 is 11.8 Å². The highest BCUT2D eigenvalue weighted by Gasteiger charge is 2.36. The van der Waals surface area contributed by atoms with Gasteiger partial charge in [-0.1, -0.05) is 29.8 Å². The Balaban J connectivity index is 1.24. The molecule has 0 atom stereocenters. The van der Waals surface area contributed by atoms with Crippen LogP contribution in [0, 0.1) is 13.5 Å². The number of benzene rings is 3. The Hall–Kier alpha value is -4.40. The molecule has 1 saturated heterocycles. The normalized spacial score (nSPS) is 14.4. The second-order valence-corrected chi connectivity index (χ2v) is 12.6. The number of alkyl halides is 3. The third-order valence-electron chi connectivity index (χ3n) is 6.58. The van der Waals surface area contributed by atoms with Gasteiger partial charge in [0.15, 0.2) is 17.2 Å². The topological polar surface area (TPSA) is 122 Å². The Labute approximate surface area is 279 Å². The van der Waals surface area contributed by atoms with E-state index < -0.39 is 38.8 Å². The average Bonchev–Trinajstić information content (AvgIpc) is 3.31. The van der Waals surface area contributed by atoms with Gasteiger partial charge in [0.05, 0.1) is 68.6 Å². The second kappa shape index (κ2) is 16.1. The number of ether oxygens (including phenoxy) is 4. The zero-order valence-electron chi connectivity index (χ0n) is 25.6. The summed E-state index contributed by atoms with van der Waals surface area (Å²) in [5, 5.41) is -0.507. The number of methoxy groups -OCH3 is 1. The molecular formula is C32H29F3N2O9S2. The molecule has 0 aromatic heterocycles. The van der Waals surface area contributed by atoms with Crippen molar-refractivity contribution in [1.29, 1.82) is 0 Å². The Morgan fingerprint density at radius 1 is 0.896 bits per heavy atom. The molecule has 3 aromatic rings. The van der Waals surface area contributed by atoms with Crippen LogP contribution in [0.5, 0.6) is 17.2 Å². The van der Waals surface area contributed by atoms with Gasteiger partial charge in [0, 0.05) is 0 Å². The predicted molar refractivity (Wildman–Crippen MR) is 169 cm³/mol. The summed E-state index contributed by atoms with van der Waals surface area (Å²) in [5.41, 5.74) is 0.0256. The standard InChI is InChI=1S/C32H29F3N2O9S2/c1-21-4-8-24(9-5-21)48(40,41)45-17-16-44-15-14-43-13-12-37-30(38)29(47-31(37)39)19-22-6-10-27(28(18-22)42-3)46-26-11-7-23(36-2)20-25(26)32(33,34)35/h4-11,18-20H,12-17H2,1,3H3/b29-19-. The smallest absolute Gasteiger partial charge is 0.418 e. The quantitative estimate of drug-likeness (QED) is 0.0719. The van der Waals surface area contributed by atoms with Gasteiger partial charge in [0.2, 0.25) is 0 Å². The fourth-order valence-corrected chi connectivity index (χ4v) is 5.93. The molecule has 0 N–H and O–H groups in total. The van der Waals surface area contributed by atoms with E-state index >= 15 is 0 Å². The van der Waals surface area contributed by atoms with Crippen LogP contribution < -0.4 is 9.47 Å². The summed E-state index contributed by atoms with van der Waals surface area (Å²) in [4.78, 5) is 29.6. The molecule has 0 radical (unpaired) electrons. The monoisotopic (exact) mass is 706 g/mol. The number of nitrogens with zero attached hydrogens (tertiary/aromatic N) is 2. The van der Waals surface area contributed by atoms with Crippen LogP contribution in [0.25, 0.3) is 10.9 Å². The molecule has 0 unspecified atom stereocenters. The molecular weight excluding hydrogens is 677 g/mol. The van der Waals surface area contributed by atoms with Crippen molar-refractivity contribution in [3.05, 3.63) is 93.7 Å². The molecule has 16 heteroatoms. The van der Waals surface area contributed by atoms with E-state index in [1.54, 1.807) is 12.1 Å². The molecule has 11 nitrogen and oxygen atoms in total. The Bertz CT molecular complexity index is 1820. The van der Waals surface area contributed by atoms with Crippen LogP contribution in [0.15, 0.2) is 70.5 Å². The summed E-state index contributed by atoms with van der Waals surface area (Å²) in [7, 11) is -2.59. The van der Waals surface area contributed by atoms with Crippen LogP contribution in [0.2, 0.25) is 0 Å². The molecule has 254 valence electrons. The molecule has 1 aliphatic rings. The second-order valence-electron chi connectivity index (χ2n) is 9.95. The minimum absolute atomic E-state index is 0.00516. The highest BCUT2D eigenvalue weighted by Crippen LogP contribution is 2.42. The predicted octanol–water partition coefficient (Wildman–Crippen LogP) is 6.84. The number of amides is 2. The number of imide groups is 1. The van der Waals surface area contributed by atoms with Gasteiger partial charge in [0.25, 0.3) is 21.3 Å². The Morgan fingerprint density at radius 2 is 1.56 bits per heavy atom. The third kappa shape index (κ3) is 9.58. The number of thioether (sulfide) groups is 1. The summed E-state index contributed by atoms with van der Waals surface area (Å²) >= 11 is 0.717. The van der Waals surface area contributed by atoms with E-state index in [2.05, 4.69) is 4.85 Å². The Kier molecular flexibility index (Phi) is 12.2. The number of carbonyl (C=O) groups excluding carboxylic acids is 2. The van der Waals surface area contributed by atoms with Crippen LogP contribution in [-0.2, 0) is 34.7 Å². The fraction of sp³-hybridized carbons (Fsp3) is 0.281. The van der Waals surface area contributed by atoms with Crippen molar-refractivity contribution in [1.82, 2.24) is 4.90 Å². The zero-order chi connectivity index (χ0) is 34.9. The van der Waals surface area contributed by atoms with Gasteiger partial charge in [-0.05, 0) is 66.7 Å². The first kappa shape index (κ1) is 36.4. The van der Waals surface area contributed by atoms with Crippen molar-refractivity contribution in [2.75, 3.05) is 46.7 Å². The summed E-state index contributed by atoms with van der Waals surface area (Å²) in [6.07, 6.45) is -3.32. The number of halogens is 3. The van der Waals surface area contributed by atoms with E-state index in [0.717, 1.165) is 28.3 Å². The van der Waals surface area contributed by atoms with E-state index in [-0.39, 0.29) is 66.6 Å². The molecule has 0 bridgehead atoms. The van der Waals surface area contributed by atoms with E-state index in [1.807, 2.05) is 6.92 Å². The first-order chi connectivity index (χ1) is 22.8. The highest BCUT2D eigenvalue weighted by molar-refractivity contribution is 8.18. The molecule has 0 saturated carbocycles. The van der Waals surface area contributed by atoms with E-state index in [1.165, 1.54) is 49.6 Å². The molecule has 1 heterocycles. The van der Waals surface area contributed by atoms with Gasteiger partial charge >= 0.3 is 6.18 Å². The lowest BCUT2D eigenvalue weighted by Gasteiger charge is -2.16. The maximum atomic E-state index is 13.6. The largest absolute Gasteiger partial charge is 0.493 e. The molecule has 1 fully saturated rings. The van der Waals surface area contributed by atoms with Crippen molar-refractivity contribution in [3.63, 3.8) is 0 Å². The van der Waals surface area contributed by atoms with Crippen LogP contribution in [0.3, 0.4) is 0 Å². The van der Waals surface area contributed by atoms with E-state index in [4.69, 9.17) is 29.7 Å². The lowest BCUT2D eigenvalue weighted by molar-refractivity contribution is -0.138. The molecule has 2 amide bonds. The minimum Gasteiger partial charge on any atom is -0.493 e. The van der Waals surface area contributed by atoms with Crippen molar-refractivity contribution < 1.29 is 54.3 Å². The van der Waals surface area contributed by atoms with Gasteiger partial charge in [0.1, 0.15) is 5.75 Å². The van der Waals surface area contributed by atoms with Gasteiger partial charge < -0.3 is 18.9 Å². The van der Waals surface area contributed by atoms with Gasteiger partial charge in [-0.25, -0.2) is 4.85 Å². The number of aryl methyl sites for hydroxylation is 1. The summed E-state index contributed by atoms with van der Waals surface area (Å²) < 4.78 is 91.6. The lowest BCUT2D eigenvalue weighted by atomic mass is 10.1. The van der Waals surface area contributed by atoms with Gasteiger partial charge in [-0.2, -0.15) is 21.6 Å². The molecule has 4 rings (SSSR count). The number of hydrogen-bond acceptors (Lipinski definition) is 10. The van der Waals surface area contributed by atoms with Crippen molar-refractivity contribution in [2.45, 2.75) is 18.0 Å². The average molecular weight is 707 g/mol. The maximum Gasteiger partial charge on any atom is 0.418 e. The lowest BCUT2D eigenvalue weighted by Crippen LogP contribution is -2.31. The first-order valence-corrected chi connectivity index (χ1v) is 16.4. The molecule has 1 aliphatic heterocycles. The molecule has 0 spiro atoms. The number of rotatable bonds is 15. The van der Waals surface area contributed by atoms with Crippen LogP contribution in [0.4, 0.5) is 23.7 Å². The SMILES string of the molecule is [C-]#[N+]c1ccc(Oc2ccc(/C=C3\SC(=O)N(CCOCCOCCOS(=O)(=O)c4ccc(C)cc4)C3=O)cc2OC)c(C(F)(F)F)c1. The summed E-state index contributed by atoms with van der Waals surface area (Å²) in [6.45, 7) is 8.90. The minimum atomic E-state index is -4.77. The third-order valence-corrected chi connectivity index (χ3v) is 8.82. The fourth-order valence-electron chi connectivity index (χ4n) is 4.17.